The molecule has 4 rings (SSSR count). The number of H-pyrrole nitrogens is 1. The molecule has 0 saturated heterocycles. The Labute approximate surface area is 140 Å². The minimum atomic E-state index is -0.806. The number of benzene rings is 1. The van der Waals surface area contributed by atoms with Crippen molar-refractivity contribution < 1.29 is 13.9 Å². The molecule has 2 N–H and O–H groups in total. The van der Waals surface area contributed by atoms with Crippen molar-refractivity contribution in [3.63, 3.8) is 0 Å². The van der Waals surface area contributed by atoms with Gasteiger partial charge in [0.2, 0.25) is 0 Å². The third-order valence-electron chi connectivity index (χ3n) is 4.47. The number of aromatic nitrogens is 2. The van der Waals surface area contributed by atoms with Gasteiger partial charge in [-0.3, -0.25) is 14.3 Å². The highest BCUT2D eigenvalue weighted by Crippen LogP contribution is 2.42. The standard InChI is InChI=1S/C17H14FN3O4/c1-2-21-14-13(15(22)20-17(21)24)11(8-4-3-5-9(18)6-8)12-10(19-14)7-25-16(12)23/h3-6,11,19H,2,7H2,1H3,(H,20,22,24). The molecule has 0 bridgehead atoms. The molecule has 0 saturated carbocycles. The Morgan fingerprint density at radius 2 is 2.12 bits per heavy atom. The number of anilines is 1. The largest absolute Gasteiger partial charge is 0.456 e. The predicted octanol–water partition coefficient (Wildman–Crippen LogP) is 1.06. The first-order chi connectivity index (χ1) is 12.0. The van der Waals surface area contributed by atoms with Crippen LogP contribution in [0.4, 0.5) is 10.2 Å². The fraction of sp³-hybridized carbons (Fsp3) is 0.235. The Balaban J connectivity index is 2.07. The zero-order chi connectivity index (χ0) is 17.7. The fourth-order valence-electron chi connectivity index (χ4n) is 3.41. The van der Waals surface area contributed by atoms with E-state index < -0.39 is 29.0 Å². The molecule has 8 heteroatoms. The van der Waals surface area contributed by atoms with Gasteiger partial charge in [0, 0.05) is 6.54 Å². The second-order valence-corrected chi connectivity index (χ2v) is 5.85. The van der Waals surface area contributed by atoms with E-state index in [1.54, 1.807) is 13.0 Å². The normalized spacial score (nSPS) is 18.5. The van der Waals surface area contributed by atoms with Gasteiger partial charge < -0.3 is 10.1 Å². The molecule has 2 aliphatic heterocycles. The minimum Gasteiger partial charge on any atom is -0.456 e. The van der Waals surface area contributed by atoms with Gasteiger partial charge in [0.1, 0.15) is 18.2 Å². The van der Waals surface area contributed by atoms with Crippen LogP contribution in [-0.2, 0) is 16.1 Å². The molecule has 0 fully saturated rings. The van der Waals surface area contributed by atoms with Crippen molar-refractivity contribution >= 4 is 11.8 Å². The number of esters is 1. The van der Waals surface area contributed by atoms with Gasteiger partial charge in [0.15, 0.2) is 0 Å². The molecule has 0 amide bonds. The third-order valence-corrected chi connectivity index (χ3v) is 4.47. The van der Waals surface area contributed by atoms with E-state index in [1.165, 1.54) is 22.8 Å². The van der Waals surface area contributed by atoms with Gasteiger partial charge >= 0.3 is 11.7 Å². The van der Waals surface area contributed by atoms with E-state index in [4.69, 9.17) is 4.74 Å². The molecule has 0 aliphatic carbocycles. The molecule has 2 aromatic rings. The maximum atomic E-state index is 13.8. The molecule has 7 nitrogen and oxygen atoms in total. The summed E-state index contributed by atoms with van der Waals surface area (Å²) in [7, 11) is 0. The number of hydrogen-bond donors (Lipinski definition) is 2. The van der Waals surface area contributed by atoms with Crippen molar-refractivity contribution in [3.05, 3.63) is 73.3 Å². The summed E-state index contributed by atoms with van der Waals surface area (Å²) in [5.41, 5.74) is 0.234. The summed E-state index contributed by atoms with van der Waals surface area (Å²) in [6.07, 6.45) is 0. The lowest BCUT2D eigenvalue weighted by Gasteiger charge is -2.27. The number of carbonyl (C=O) groups is 1. The van der Waals surface area contributed by atoms with E-state index in [0.717, 1.165) is 0 Å². The van der Waals surface area contributed by atoms with Crippen LogP contribution in [-0.4, -0.2) is 22.1 Å². The first-order valence-electron chi connectivity index (χ1n) is 7.81. The Kier molecular flexibility index (Phi) is 3.34. The van der Waals surface area contributed by atoms with Gasteiger partial charge in [0.05, 0.1) is 22.8 Å². The first-order valence-corrected chi connectivity index (χ1v) is 7.81. The number of hydrogen-bond acceptors (Lipinski definition) is 5. The van der Waals surface area contributed by atoms with E-state index in [0.29, 0.717) is 23.6 Å². The topological polar surface area (TPSA) is 93.2 Å². The molecule has 25 heavy (non-hydrogen) atoms. The van der Waals surface area contributed by atoms with Crippen LogP contribution >= 0.6 is 0 Å². The summed E-state index contributed by atoms with van der Waals surface area (Å²) in [5.74, 6) is -1.54. The van der Waals surface area contributed by atoms with Crippen LogP contribution in [0.2, 0.25) is 0 Å². The summed E-state index contributed by atoms with van der Waals surface area (Å²) in [6, 6.07) is 5.71. The molecule has 1 atom stereocenters. The lowest BCUT2D eigenvalue weighted by Crippen LogP contribution is -2.38. The van der Waals surface area contributed by atoms with E-state index in [2.05, 4.69) is 10.3 Å². The maximum Gasteiger partial charge on any atom is 0.337 e. The van der Waals surface area contributed by atoms with Gasteiger partial charge in [-0.1, -0.05) is 12.1 Å². The monoisotopic (exact) mass is 343 g/mol. The maximum absolute atomic E-state index is 13.8. The first kappa shape index (κ1) is 15.4. The van der Waals surface area contributed by atoms with Crippen LogP contribution in [0.1, 0.15) is 24.0 Å². The van der Waals surface area contributed by atoms with Crippen LogP contribution in [0.25, 0.3) is 0 Å². The molecule has 2 aliphatic rings. The smallest absolute Gasteiger partial charge is 0.337 e. The van der Waals surface area contributed by atoms with E-state index >= 15 is 0 Å². The molecule has 1 unspecified atom stereocenters. The second-order valence-electron chi connectivity index (χ2n) is 5.85. The minimum absolute atomic E-state index is 0.0180. The van der Waals surface area contributed by atoms with E-state index in [1.807, 2.05) is 0 Å². The molecule has 0 spiro atoms. The summed E-state index contributed by atoms with van der Waals surface area (Å²) in [6.45, 7) is 2.10. The van der Waals surface area contributed by atoms with Crippen LogP contribution < -0.4 is 16.6 Å². The quantitative estimate of drug-likeness (QED) is 0.796. The number of rotatable bonds is 2. The van der Waals surface area contributed by atoms with Crippen LogP contribution in [0.5, 0.6) is 0 Å². The lowest BCUT2D eigenvalue weighted by atomic mass is 9.83. The summed E-state index contributed by atoms with van der Waals surface area (Å²) >= 11 is 0. The van der Waals surface area contributed by atoms with E-state index in [-0.39, 0.29) is 17.7 Å². The van der Waals surface area contributed by atoms with Gasteiger partial charge in [0.25, 0.3) is 5.56 Å². The molecular formula is C17H14FN3O4. The molecular weight excluding hydrogens is 329 g/mol. The predicted molar refractivity (Wildman–Crippen MR) is 86.8 cm³/mol. The lowest BCUT2D eigenvalue weighted by molar-refractivity contribution is -0.136. The molecule has 1 aromatic carbocycles. The summed E-state index contributed by atoms with van der Waals surface area (Å²) in [5, 5.41) is 2.99. The Hall–Kier alpha value is -3.16. The average molecular weight is 343 g/mol. The Morgan fingerprint density at radius 1 is 1.32 bits per heavy atom. The van der Waals surface area contributed by atoms with Crippen molar-refractivity contribution in [1.29, 1.82) is 0 Å². The van der Waals surface area contributed by atoms with Gasteiger partial charge in [-0.05, 0) is 24.6 Å². The van der Waals surface area contributed by atoms with Crippen molar-refractivity contribution in [1.82, 2.24) is 9.55 Å². The van der Waals surface area contributed by atoms with Crippen molar-refractivity contribution in [2.45, 2.75) is 19.4 Å². The number of halogens is 1. The Morgan fingerprint density at radius 3 is 2.84 bits per heavy atom. The highest BCUT2D eigenvalue weighted by molar-refractivity contribution is 5.96. The number of aromatic amines is 1. The zero-order valence-electron chi connectivity index (χ0n) is 13.3. The number of nitrogens with one attached hydrogen (secondary N) is 2. The van der Waals surface area contributed by atoms with Crippen LogP contribution in [0.15, 0.2) is 45.1 Å². The Bertz CT molecular complexity index is 1050. The third kappa shape index (κ3) is 2.21. The SMILES string of the molecule is CCn1c2c(c(=O)[nH]c1=O)C(c1cccc(F)c1)C1=C(COC1=O)N2. The van der Waals surface area contributed by atoms with E-state index in [9.17, 15) is 18.8 Å². The second kappa shape index (κ2) is 5.44. The highest BCUT2D eigenvalue weighted by atomic mass is 19.1. The van der Waals surface area contributed by atoms with Crippen LogP contribution in [0.3, 0.4) is 0 Å². The number of fused-ring (bicyclic) bond motifs is 1. The highest BCUT2D eigenvalue weighted by Gasteiger charge is 2.41. The summed E-state index contributed by atoms with van der Waals surface area (Å²) < 4.78 is 20.2. The number of ether oxygens (including phenoxy) is 1. The van der Waals surface area contributed by atoms with Crippen molar-refractivity contribution in [2.24, 2.45) is 0 Å². The number of cyclic esters (lactones) is 1. The fourth-order valence-corrected chi connectivity index (χ4v) is 3.41. The zero-order valence-corrected chi connectivity index (χ0v) is 13.3. The van der Waals surface area contributed by atoms with Crippen molar-refractivity contribution in [2.75, 3.05) is 11.9 Å². The van der Waals surface area contributed by atoms with Gasteiger partial charge in [-0.15, -0.1) is 0 Å². The van der Waals surface area contributed by atoms with Crippen LogP contribution in [0, 0.1) is 5.82 Å². The summed E-state index contributed by atoms with van der Waals surface area (Å²) in [4.78, 5) is 39.1. The molecule has 3 heterocycles. The molecule has 0 radical (unpaired) electrons. The number of nitrogens with zero attached hydrogens (tertiary/aromatic N) is 1. The van der Waals surface area contributed by atoms with Gasteiger partial charge in [-0.2, -0.15) is 0 Å². The number of carbonyl (C=O) groups excluding carboxylic acids is 1. The molecule has 128 valence electrons. The van der Waals surface area contributed by atoms with Gasteiger partial charge in [-0.25, -0.2) is 14.0 Å². The average Bonchev–Trinajstić information content (AvgIpc) is 2.94. The van der Waals surface area contributed by atoms with Crippen molar-refractivity contribution in [3.8, 4) is 0 Å². The molecule has 1 aromatic heterocycles.